The standard InChI is InChI=1S/C20H28N2O8S2/c1-29-18-7-6-16(32(27,28)22-9-4-2-3-5-10-22)12-17(18)20(24)30-13-19(23)21-15-8-11-31(25,26)14-15/h6-7,12,15H,2-5,8-11,13-14H2,1H3,(H,21,23). The van der Waals surface area contributed by atoms with Crippen molar-refractivity contribution in [2.45, 2.75) is 43.0 Å². The number of ether oxygens (including phenoxy) is 2. The molecule has 0 radical (unpaired) electrons. The Labute approximate surface area is 188 Å². The van der Waals surface area contributed by atoms with E-state index in [1.165, 1.54) is 29.6 Å². The van der Waals surface area contributed by atoms with Gasteiger partial charge in [0.15, 0.2) is 16.4 Å². The van der Waals surface area contributed by atoms with Crippen LogP contribution in [0, 0.1) is 0 Å². The molecule has 1 amide bonds. The number of esters is 1. The molecule has 2 fully saturated rings. The lowest BCUT2D eigenvalue weighted by atomic mass is 10.2. The van der Waals surface area contributed by atoms with Gasteiger partial charge in [0.05, 0.1) is 23.5 Å². The third kappa shape index (κ3) is 5.99. The minimum atomic E-state index is -3.79. The Morgan fingerprint density at radius 3 is 2.44 bits per heavy atom. The Kier molecular flexibility index (Phi) is 7.78. The van der Waals surface area contributed by atoms with E-state index in [0.717, 1.165) is 25.7 Å². The molecule has 0 bridgehead atoms. The molecule has 2 heterocycles. The van der Waals surface area contributed by atoms with Crippen molar-refractivity contribution >= 4 is 31.7 Å². The molecule has 32 heavy (non-hydrogen) atoms. The van der Waals surface area contributed by atoms with Crippen LogP contribution in [0.15, 0.2) is 23.1 Å². The summed E-state index contributed by atoms with van der Waals surface area (Å²) in [4.78, 5) is 24.6. The molecule has 0 saturated carbocycles. The van der Waals surface area contributed by atoms with Gasteiger partial charge in [-0.2, -0.15) is 4.31 Å². The highest BCUT2D eigenvalue weighted by Crippen LogP contribution is 2.26. The van der Waals surface area contributed by atoms with Crippen LogP contribution >= 0.6 is 0 Å². The second-order valence-electron chi connectivity index (χ2n) is 7.92. The maximum absolute atomic E-state index is 13.0. The highest BCUT2D eigenvalue weighted by Gasteiger charge is 2.30. The Morgan fingerprint density at radius 2 is 1.84 bits per heavy atom. The number of amides is 1. The van der Waals surface area contributed by atoms with Crippen LogP contribution in [0.1, 0.15) is 42.5 Å². The second-order valence-corrected chi connectivity index (χ2v) is 12.1. The van der Waals surface area contributed by atoms with E-state index < -0.39 is 44.4 Å². The first-order valence-electron chi connectivity index (χ1n) is 10.5. The molecule has 0 spiro atoms. The lowest BCUT2D eigenvalue weighted by molar-refractivity contribution is -0.124. The average Bonchev–Trinajstić information content (AvgIpc) is 2.95. The smallest absolute Gasteiger partial charge is 0.342 e. The van der Waals surface area contributed by atoms with E-state index in [2.05, 4.69) is 5.32 Å². The number of benzene rings is 1. The average molecular weight is 489 g/mol. The number of carbonyl (C=O) groups is 2. The van der Waals surface area contributed by atoms with E-state index in [1.54, 1.807) is 0 Å². The Balaban J connectivity index is 1.69. The summed E-state index contributed by atoms with van der Waals surface area (Å²) in [6.07, 6.45) is 3.82. The number of carbonyl (C=O) groups excluding carboxylic acids is 2. The van der Waals surface area contributed by atoms with Crippen LogP contribution in [0.3, 0.4) is 0 Å². The fourth-order valence-corrected chi connectivity index (χ4v) is 7.04. The minimum Gasteiger partial charge on any atom is -0.496 e. The largest absolute Gasteiger partial charge is 0.496 e. The number of nitrogens with one attached hydrogen (secondary N) is 1. The topological polar surface area (TPSA) is 136 Å². The van der Waals surface area contributed by atoms with E-state index in [-0.39, 0.29) is 27.7 Å². The van der Waals surface area contributed by atoms with Crippen LogP contribution in [-0.2, 0) is 29.4 Å². The fraction of sp³-hybridized carbons (Fsp3) is 0.600. The van der Waals surface area contributed by atoms with Crippen molar-refractivity contribution in [3.63, 3.8) is 0 Å². The molecule has 2 saturated heterocycles. The quantitative estimate of drug-likeness (QED) is 0.555. The summed E-state index contributed by atoms with van der Waals surface area (Å²) in [6, 6.07) is 3.44. The predicted molar refractivity (Wildman–Crippen MR) is 116 cm³/mol. The van der Waals surface area contributed by atoms with Crippen LogP contribution in [0.4, 0.5) is 0 Å². The van der Waals surface area contributed by atoms with Gasteiger partial charge in [-0.05, 0) is 37.5 Å². The van der Waals surface area contributed by atoms with Gasteiger partial charge in [0.2, 0.25) is 10.0 Å². The molecule has 0 aliphatic carbocycles. The monoisotopic (exact) mass is 488 g/mol. The molecule has 3 rings (SSSR count). The van der Waals surface area contributed by atoms with Crippen molar-refractivity contribution < 1.29 is 35.9 Å². The molecule has 12 heteroatoms. The van der Waals surface area contributed by atoms with Crippen LogP contribution < -0.4 is 10.1 Å². The van der Waals surface area contributed by atoms with Crippen LogP contribution in [0.2, 0.25) is 0 Å². The van der Waals surface area contributed by atoms with Crippen LogP contribution in [-0.4, -0.2) is 77.4 Å². The highest BCUT2D eigenvalue weighted by molar-refractivity contribution is 7.91. The van der Waals surface area contributed by atoms with Gasteiger partial charge in [-0.1, -0.05) is 12.8 Å². The fourth-order valence-electron chi connectivity index (χ4n) is 3.83. The van der Waals surface area contributed by atoms with Crippen molar-refractivity contribution in [1.29, 1.82) is 0 Å². The minimum absolute atomic E-state index is 0.00716. The molecule has 1 aromatic carbocycles. The molecule has 1 aromatic rings. The Morgan fingerprint density at radius 1 is 1.16 bits per heavy atom. The first-order chi connectivity index (χ1) is 15.1. The molecular formula is C20H28N2O8S2. The van der Waals surface area contributed by atoms with Crippen LogP contribution in [0.25, 0.3) is 0 Å². The van der Waals surface area contributed by atoms with E-state index in [4.69, 9.17) is 9.47 Å². The molecule has 2 aliphatic rings. The van der Waals surface area contributed by atoms with Gasteiger partial charge in [0.25, 0.3) is 5.91 Å². The van der Waals surface area contributed by atoms with Gasteiger partial charge in [0, 0.05) is 19.1 Å². The lowest BCUT2D eigenvalue weighted by Crippen LogP contribution is -2.38. The van der Waals surface area contributed by atoms with Gasteiger partial charge in [-0.15, -0.1) is 0 Å². The van der Waals surface area contributed by atoms with E-state index in [1.807, 2.05) is 0 Å². The molecule has 0 aromatic heterocycles. The van der Waals surface area contributed by atoms with Gasteiger partial charge < -0.3 is 14.8 Å². The van der Waals surface area contributed by atoms with Gasteiger partial charge >= 0.3 is 5.97 Å². The first kappa shape index (κ1) is 24.5. The Hall–Kier alpha value is -2.18. The van der Waals surface area contributed by atoms with Crippen molar-refractivity contribution in [3.8, 4) is 5.75 Å². The number of hydrogen-bond acceptors (Lipinski definition) is 8. The number of sulfonamides is 1. The summed E-state index contributed by atoms with van der Waals surface area (Å²) in [6.45, 7) is 0.220. The highest BCUT2D eigenvalue weighted by atomic mass is 32.2. The SMILES string of the molecule is COc1ccc(S(=O)(=O)N2CCCCCC2)cc1C(=O)OCC(=O)NC1CCS(=O)(=O)C1. The summed E-state index contributed by atoms with van der Waals surface area (Å²) in [7, 11) is -5.61. The summed E-state index contributed by atoms with van der Waals surface area (Å²) < 4.78 is 60.7. The molecule has 2 aliphatic heterocycles. The normalized spacial score (nSPS) is 21.5. The summed E-state index contributed by atoms with van der Waals surface area (Å²) in [5, 5.41) is 2.53. The van der Waals surface area contributed by atoms with Gasteiger partial charge in [-0.3, -0.25) is 4.79 Å². The number of rotatable bonds is 7. The number of nitrogens with zero attached hydrogens (tertiary/aromatic N) is 1. The van der Waals surface area contributed by atoms with Crippen molar-refractivity contribution in [2.75, 3.05) is 38.3 Å². The maximum Gasteiger partial charge on any atom is 0.342 e. The first-order valence-corrected chi connectivity index (χ1v) is 13.7. The summed E-state index contributed by atoms with van der Waals surface area (Å²) >= 11 is 0. The summed E-state index contributed by atoms with van der Waals surface area (Å²) in [5.74, 6) is -1.56. The van der Waals surface area contributed by atoms with Gasteiger partial charge in [0.1, 0.15) is 11.3 Å². The molecule has 178 valence electrons. The zero-order valence-electron chi connectivity index (χ0n) is 17.9. The zero-order valence-corrected chi connectivity index (χ0v) is 19.5. The van der Waals surface area contributed by atoms with E-state index >= 15 is 0 Å². The van der Waals surface area contributed by atoms with E-state index in [9.17, 15) is 26.4 Å². The lowest BCUT2D eigenvalue weighted by Gasteiger charge is -2.20. The molecule has 1 unspecified atom stereocenters. The number of sulfone groups is 1. The predicted octanol–water partition coefficient (Wildman–Crippen LogP) is 0.720. The number of hydrogen-bond donors (Lipinski definition) is 1. The second kappa shape index (κ2) is 10.2. The maximum atomic E-state index is 13.0. The molecular weight excluding hydrogens is 460 g/mol. The summed E-state index contributed by atoms with van der Waals surface area (Å²) in [5.41, 5.74) is -0.111. The zero-order chi connectivity index (χ0) is 23.4. The van der Waals surface area contributed by atoms with Crippen LogP contribution in [0.5, 0.6) is 5.75 Å². The third-order valence-electron chi connectivity index (χ3n) is 5.53. The van der Waals surface area contributed by atoms with E-state index in [0.29, 0.717) is 19.5 Å². The molecule has 1 N–H and O–H groups in total. The van der Waals surface area contributed by atoms with Crippen molar-refractivity contribution in [3.05, 3.63) is 23.8 Å². The molecule has 1 atom stereocenters. The van der Waals surface area contributed by atoms with Crippen molar-refractivity contribution in [2.24, 2.45) is 0 Å². The molecule has 10 nitrogen and oxygen atoms in total. The number of methoxy groups -OCH3 is 1. The van der Waals surface area contributed by atoms with Gasteiger partial charge in [-0.25, -0.2) is 21.6 Å². The van der Waals surface area contributed by atoms with Crippen molar-refractivity contribution in [1.82, 2.24) is 9.62 Å². The third-order valence-corrected chi connectivity index (χ3v) is 9.19. The Bertz CT molecular complexity index is 1060.